The molecule has 0 heterocycles. The maximum Gasteiger partial charge on any atom is 0.289 e. The van der Waals surface area contributed by atoms with Gasteiger partial charge in [0.05, 0.1) is 4.92 Å². The highest BCUT2D eigenvalue weighted by atomic mass is 32.2. The van der Waals surface area contributed by atoms with E-state index in [4.69, 9.17) is 9.47 Å². The van der Waals surface area contributed by atoms with Gasteiger partial charge in [-0.25, -0.2) is 13.1 Å². The number of para-hydroxylation sites is 2. The minimum absolute atomic E-state index is 0.0712. The Labute approximate surface area is 145 Å². The first-order chi connectivity index (χ1) is 12.0. The summed E-state index contributed by atoms with van der Waals surface area (Å²) in [6.07, 6.45) is 0.361. The van der Waals surface area contributed by atoms with Gasteiger partial charge in [-0.15, -0.1) is 0 Å². The molecule has 8 nitrogen and oxygen atoms in total. The molecule has 0 amide bonds. The van der Waals surface area contributed by atoms with Gasteiger partial charge in [-0.2, -0.15) is 0 Å². The van der Waals surface area contributed by atoms with Gasteiger partial charge in [-0.05, 0) is 24.1 Å². The van der Waals surface area contributed by atoms with Crippen LogP contribution in [-0.2, 0) is 21.2 Å². The number of sulfonamides is 1. The van der Waals surface area contributed by atoms with Crippen LogP contribution < -0.4 is 9.46 Å². The lowest BCUT2D eigenvalue weighted by molar-refractivity contribution is -0.387. The second kappa shape index (κ2) is 8.56. The van der Waals surface area contributed by atoms with Crippen LogP contribution in [0.1, 0.15) is 5.56 Å². The molecule has 1 N–H and O–H groups in total. The molecule has 0 unspecified atom stereocenters. The minimum atomic E-state index is -3.99. The lowest BCUT2D eigenvalue weighted by atomic mass is 10.1. The summed E-state index contributed by atoms with van der Waals surface area (Å²) in [7, 11) is -2.49. The van der Waals surface area contributed by atoms with E-state index in [2.05, 4.69) is 4.72 Å². The van der Waals surface area contributed by atoms with Crippen molar-refractivity contribution in [2.75, 3.05) is 20.4 Å². The Bertz CT molecular complexity index is 838. The number of ether oxygens (including phenoxy) is 2. The molecule has 25 heavy (non-hydrogen) atoms. The second-order valence-corrected chi connectivity index (χ2v) is 6.77. The van der Waals surface area contributed by atoms with Gasteiger partial charge >= 0.3 is 0 Å². The molecule has 0 atom stereocenters. The molecule has 0 aliphatic heterocycles. The zero-order valence-electron chi connectivity index (χ0n) is 13.5. The second-order valence-electron chi connectivity index (χ2n) is 5.03. The van der Waals surface area contributed by atoms with E-state index >= 15 is 0 Å². The Morgan fingerprint density at radius 2 is 1.80 bits per heavy atom. The van der Waals surface area contributed by atoms with E-state index in [1.807, 2.05) is 12.1 Å². The number of rotatable bonds is 9. The van der Waals surface area contributed by atoms with E-state index in [1.165, 1.54) is 25.3 Å². The molecule has 0 saturated carbocycles. The van der Waals surface area contributed by atoms with Crippen molar-refractivity contribution >= 4 is 15.7 Å². The Morgan fingerprint density at radius 3 is 2.52 bits per heavy atom. The number of hydrogen-bond acceptors (Lipinski definition) is 6. The molecule has 0 saturated heterocycles. The Kier molecular flexibility index (Phi) is 6.45. The van der Waals surface area contributed by atoms with Crippen molar-refractivity contribution in [1.82, 2.24) is 4.72 Å². The Hall–Kier alpha value is -2.49. The van der Waals surface area contributed by atoms with Gasteiger partial charge in [0.1, 0.15) is 5.75 Å². The van der Waals surface area contributed by atoms with Crippen molar-refractivity contribution in [2.24, 2.45) is 0 Å². The molecule has 2 aromatic carbocycles. The lowest BCUT2D eigenvalue weighted by Gasteiger charge is -2.11. The largest absolute Gasteiger partial charge is 0.467 e. The SMILES string of the molecule is COCOc1ccccc1CCNS(=O)(=O)c1ccccc1[N+](=O)[O-]. The average Bonchev–Trinajstić information content (AvgIpc) is 2.60. The maximum atomic E-state index is 12.3. The van der Waals surface area contributed by atoms with Crippen LogP contribution in [0.25, 0.3) is 0 Å². The molecule has 0 spiro atoms. The first-order valence-electron chi connectivity index (χ1n) is 7.38. The fraction of sp³-hybridized carbons (Fsp3) is 0.250. The van der Waals surface area contributed by atoms with E-state index in [-0.39, 0.29) is 18.2 Å². The summed E-state index contributed by atoms with van der Waals surface area (Å²) in [4.78, 5) is 9.92. The fourth-order valence-corrected chi connectivity index (χ4v) is 3.41. The highest BCUT2D eigenvalue weighted by Gasteiger charge is 2.24. The van der Waals surface area contributed by atoms with Crippen LogP contribution in [0.5, 0.6) is 5.75 Å². The van der Waals surface area contributed by atoms with E-state index in [0.717, 1.165) is 11.6 Å². The third-order valence-corrected chi connectivity index (χ3v) is 4.85. The number of methoxy groups -OCH3 is 1. The molecule has 0 aliphatic carbocycles. The Morgan fingerprint density at radius 1 is 1.12 bits per heavy atom. The number of nitro benzene ring substituents is 1. The summed E-state index contributed by atoms with van der Waals surface area (Å²) in [5.41, 5.74) is 0.337. The van der Waals surface area contributed by atoms with Crippen LogP contribution in [0.4, 0.5) is 5.69 Å². The first-order valence-corrected chi connectivity index (χ1v) is 8.87. The molecule has 2 aromatic rings. The Balaban J connectivity index is 2.08. The van der Waals surface area contributed by atoms with E-state index in [9.17, 15) is 18.5 Å². The lowest BCUT2D eigenvalue weighted by Crippen LogP contribution is -2.26. The van der Waals surface area contributed by atoms with E-state index < -0.39 is 20.6 Å². The van der Waals surface area contributed by atoms with Gasteiger partial charge in [0.25, 0.3) is 5.69 Å². The normalized spacial score (nSPS) is 11.2. The predicted octanol–water partition coefficient (Wildman–Crippen LogP) is 2.10. The molecular weight excluding hydrogens is 348 g/mol. The van der Waals surface area contributed by atoms with Crippen LogP contribution in [0.3, 0.4) is 0 Å². The van der Waals surface area contributed by atoms with Crippen molar-refractivity contribution in [3.63, 3.8) is 0 Å². The maximum absolute atomic E-state index is 12.3. The third kappa shape index (κ3) is 4.99. The molecule has 0 aromatic heterocycles. The molecule has 0 fully saturated rings. The number of nitrogens with one attached hydrogen (secondary N) is 1. The molecular formula is C16H18N2O6S. The summed E-state index contributed by atoms with van der Waals surface area (Å²) in [6, 6.07) is 12.4. The van der Waals surface area contributed by atoms with Crippen molar-refractivity contribution in [2.45, 2.75) is 11.3 Å². The van der Waals surface area contributed by atoms with Gasteiger partial charge in [0, 0.05) is 19.7 Å². The average molecular weight is 366 g/mol. The topological polar surface area (TPSA) is 108 Å². The highest BCUT2D eigenvalue weighted by Crippen LogP contribution is 2.23. The predicted molar refractivity (Wildman–Crippen MR) is 90.9 cm³/mol. The number of hydrogen-bond donors (Lipinski definition) is 1. The first kappa shape index (κ1) is 18.8. The third-order valence-electron chi connectivity index (χ3n) is 3.34. The minimum Gasteiger partial charge on any atom is -0.467 e. The molecule has 0 aliphatic rings. The van der Waals surface area contributed by atoms with Gasteiger partial charge in [-0.3, -0.25) is 10.1 Å². The number of nitro groups is 1. The van der Waals surface area contributed by atoms with Crippen LogP contribution in [0, 0.1) is 10.1 Å². The zero-order chi connectivity index (χ0) is 18.3. The van der Waals surface area contributed by atoms with Crippen LogP contribution >= 0.6 is 0 Å². The standard InChI is InChI=1S/C16H18N2O6S/c1-23-12-24-15-8-4-2-6-13(15)10-11-17-25(21,22)16-9-5-3-7-14(16)18(19)20/h2-9,17H,10-12H2,1H3. The smallest absolute Gasteiger partial charge is 0.289 e. The van der Waals surface area contributed by atoms with Crippen molar-refractivity contribution in [1.29, 1.82) is 0 Å². The zero-order valence-corrected chi connectivity index (χ0v) is 14.4. The number of nitrogens with zero attached hydrogens (tertiary/aromatic N) is 1. The highest BCUT2D eigenvalue weighted by molar-refractivity contribution is 7.89. The van der Waals surface area contributed by atoms with Crippen molar-refractivity contribution < 1.29 is 22.8 Å². The van der Waals surface area contributed by atoms with Gasteiger partial charge < -0.3 is 9.47 Å². The number of benzene rings is 2. The monoisotopic (exact) mass is 366 g/mol. The summed E-state index contributed by atoms with van der Waals surface area (Å²) < 4.78 is 37.3. The summed E-state index contributed by atoms with van der Waals surface area (Å²) in [5, 5.41) is 11.0. The summed E-state index contributed by atoms with van der Waals surface area (Å²) in [6.45, 7) is 0.153. The molecule has 0 bridgehead atoms. The molecule has 2 rings (SSSR count). The van der Waals surface area contributed by atoms with Crippen LogP contribution in [0.2, 0.25) is 0 Å². The van der Waals surface area contributed by atoms with E-state index in [0.29, 0.717) is 12.2 Å². The van der Waals surface area contributed by atoms with Gasteiger partial charge in [-0.1, -0.05) is 30.3 Å². The molecule has 0 radical (unpaired) electrons. The fourth-order valence-electron chi connectivity index (χ4n) is 2.21. The summed E-state index contributed by atoms with van der Waals surface area (Å²) >= 11 is 0. The quantitative estimate of drug-likeness (QED) is 0.414. The molecule has 134 valence electrons. The van der Waals surface area contributed by atoms with Gasteiger partial charge in [0.15, 0.2) is 11.7 Å². The van der Waals surface area contributed by atoms with Crippen LogP contribution in [-0.4, -0.2) is 33.8 Å². The van der Waals surface area contributed by atoms with Gasteiger partial charge in [0.2, 0.25) is 10.0 Å². The van der Waals surface area contributed by atoms with E-state index in [1.54, 1.807) is 12.1 Å². The van der Waals surface area contributed by atoms with Crippen LogP contribution in [0.15, 0.2) is 53.4 Å². The van der Waals surface area contributed by atoms with Crippen molar-refractivity contribution in [3.8, 4) is 5.75 Å². The van der Waals surface area contributed by atoms with Crippen molar-refractivity contribution in [3.05, 3.63) is 64.2 Å². The molecule has 9 heteroatoms. The summed E-state index contributed by atoms with van der Waals surface area (Å²) in [5.74, 6) is 0.592.